The Morgan fingerprint density at radius 3 is 2.74 bits per heavy atom. The van der Waals surface area contributed by atoms with Gasteiger partial charge in [-0.05, 0) is 43.5 Å². The monoisotopic (exact) mass is 269 g/mol. The lowest BCUT2D eigenvalue weighted by Crippen LogP contribution is -2.22. The van der Waals surface area contributed by atoms with Crippen LogP contribution in [-0.2, 0) is 11.2 Å². The molecular weight excluding hydrogens is 245 g/mol. The maximum absolute atomic E-state index is 13.3. The number of methoxy groups -OCH3 is 1. The van der Waals surface area contributed by atoms with Crippen LogP contribution in [0.15, 0.2) is 18.2 Å². The van der Waals surface area contributed by atoms with Gasteiger partial charge in [0.15, 0.2) is 0 Å². The molecule has 0 aliphatic rings. The lowest BCUT2D eigenvalue weighted by atomic mass is 10.0. The third-order valence-electron chi connectivity index (χ3n) is 3.09. The summed E-state index contributed by atoms with van der Waals surface area (Å²) in [5.74, 6) is 0.462. The predicted molar refractivity (Wildman–Crippen MR) is 75.0 cm³/mol. The lowest BCUT2D eigenvalue weighted by Gasteiger charge is -2.18. The summed E-state index contributed by atoms with van der Waals surface area (Å²) in [4.78, 5) is 0. The Morgan fingerprint density at radius 1 is 1.37 bits per heavy atom. The Hall–Kier alpha value is -1.13. The van der Waals surface area contributed by atoms with Gasteiger partial charge in [0.2, 0.25) is 0 Å². The van der Waals surface area contributed by atoms with Gasteiger partial charge in [-0.15, -0.1) is 0 Å². The van der Waals surface area contributed by atoms with Crippen LogP contribution in [0.5, 0.6) is 5.75 Å². The third kappa shape index (κ3) is 5.57. The smallest absolute Gasteiger partial charge is 0.123 e. The topological polar surface area (TPSA) is 44.5 Å². The van der Waals surface area contributed by atoms with Gasteiger partial charge in [-0.3, -0.25) is 0 Å². The molecule has 2 N–H and O–H groups in total. The average molecular weight is 269 g/mol. The van der Waals surface area contributed by atoms with E-state index in [1.165, 1.54) is 12.1 Å². The highest BCUT2D eigenvalue weighted by atomic mass is 19.1. The van der Waals surface area contributed by atoms with Crippen molar-refractivity contribution >= 4 is 0 Å². The Kier molecular flexibility index (Phi) is 6.81. The molecule has 0 aliphatic carbocycles. The number of halogens is 1. The first-order chi connectivity index (χ1) is 9.06. The van der Waals surface area contributed by atoms with Crippen molar-refractivity contribution in [2.45, 2.75) is 45.3 Å². The van der Waals surface area contributed by atoms with Gasteiger partial charge < -0.3 is 15.2 Å². The van der Waals surface area contributed by atoms with E-state index in [1.807, 2.05) is 13.8 Å². The van der Waals surface area contributed by atoms with E-state index in [9.17, 15) is 4.39 Å². The highest BCUT2D eigenvalue weighted by molar-refractivity contribution is 5.34. The highest BCUT2D eigenvalue weighted by Gasteiger charge is 2.12. The molecule has 0 saturated heterocycles. The molecule has 19 heavy (non-hydrogen) atoms. The molecule has 2 atom stereocenters. The van der Waals surface area contributed by atoms with Crippen LogP contribution in [0.4, 0.5) is 4.39 Å². The molecule has 0 radical (unpaired) electrons. The fraction of sp³-hybridized carbons (Fsp3) is 0.600. The van der Waals surface area contributed by atoms with Crippen molar-refractivity contribution in [1.29, 1.82) is 0 Å². The van der Waals surface area contributed by atoms with Crippen molar-refractivity contribution in [2.75, 3.05) is 13.7 Å². The zero-order valence-electron chi connectivity index (χ0n) is 12.0. The minimum Gasteiger partial charge on any atom is -0.490 e. The minimum atomic E-state index is -0.254. The molecule has 1 rings (SSSR count). The van der Waals surface area contributed by atoms with Gasteiger partial charge in [-0.1, -0.05) is 6.92 Å². The quantitative estimate of drug-likeness (QED) is 0.789. The Bertz CT molecular complexity index is 384. The van der Waals surface area contributed by atoms with E-state index < -0.39 is 0 Å². The third-order valence-corrected chi connectivity index (χ3v) is 3.09. The molecule has 108 valence electrons. The van der Waals surface area contributed by atoms with Crippen LogP contribution < -0.4 is 10.5 Å². The van der Waals surface area contributed by atoms with Gasteiger partial charge in [-0.2, -0.15) is 0 Å². The maximum Gasteiger partial charge on any atom is 0.123 e. The van der Waals surface area contributed by atoms with E-state index in [2.05, 4.69) is 0 Å². The van der Waals surface area contributed by atoms with Crippen molar-refractivity contribution in [2.24, 2.45) is 5.73 Å². The molecule has 2 unspecified atom stereocenters. The summed E-state index contributed by atoms with van der Waals surface area (Å²) < 4.78 is 24.2. The summed E-state index contributed by atoms with van der Waals surface area (Å²) in [5, 5.41) is 0. The Labute approximate surface area is 114 Å². The van der Waals surface area contributed by atoms with E-state index in [0.29, 0.717) is 18.8 Å². The van der Waals surface area contributed by atoms with Crippen LogP contribution in [0.3, 0.4) is 0 Å². The molecule has 0 spiro atoms. The summed E-state index contributed by atoms with van der Waals surface area (Å²) in [6.07, 6.45) is 2.31. The largest absolute Gasteiger partial charge is 0.490 e. The molecule has 0 fully saturated rings. The Balaban J connectivity index is 2.75. The van der Waals surface area contributed by atoms with Crippen LogP contribution in [0, 0.1) is 5.82 Å². The summed E-state index contributed by atoms with van der Waals surface area (Å²) in [6, 6.07) is 4.63. The van der Waals surface area contributed by atoms with Gasteiger partial charge in [0.05, 0.1) is 6.10 Å². The van der Waals surface area contributed by atoms with Crippen LogP contribution in [-0.4, -0.2) is 25.9 Å². The summed E-state index contributed by atoms with van der Waals surface area (Å²) >= 11 is 0. The highest BCUT2D eigenvalue weighted by Crippen LogP contribution is 2.23. The number of nitrogens with two attached hydrogens (primary N) is 1. The first kappa shape index (κ1) is 15.9. The minimum absolute atomic E-state index is 0.0263. The number of benzene rings is 1. The van der Waals surface area contributed by atoms with Gasteiger partial charge >= 0.3 is 0 Å². The van der Waals surface area contributed by atoms with Crippen LogP contribution in [0.2, 0.25) is 0 Å². The molecular formula is C15H24FNO2. The molecule has 0 aromatic heterocycles. The molecule has 1 aromatic rings. The Morgan fingerprint density at radius 2 is 2.11 bits per heavy atom. The van der Waals surface area contributed by atoms with Crippen LogP contribution in [0.25, 0.3) is 0 Å². The molecule has 4 heteroatoms. The first-order valence-corrected chi connectivity index (χ1v) is 6.76. The standard InChI is InChI=1S/C15H24FNO2/c1-4-14(17)10-12-9-13(16)5-6-15(12)19-11(2)7-8-18-3/h5-6,9,11,14H,4,7-8,10,17H2,1-3H3. The number of rotatable bonds is 8. The van der Waals surface area contributed by atoms with Crippen molar-refractivity contribution in [1.82, 2.24) is 0 Å². The molecule has 1 aromatic carbocycles. The van der Waals surface area contributed by atoms with E-state index in [-0.39, 0.29) is 18.0 Å². The number of hydrogen-bond acceptors (Lipinski definition) is 3. The molecule has 0 bridgehead atoms. The molecule has 0 saturated carbocycles. The summed E-state index contributed by atoms with van der Waals surface area (Å²) in [5.41, 5.74) is 6.77. The first-order valence-electron chi connectivity index (χ1n) is 6.76. The molecule has 0 heterocycles. The van der Waals surface area contributed by atoms with Crippen LogP contribution >= 0.6 is 0 Å². The molecule has 0 aliphatic heterocycles. The van der Waals surface area contributed by atoms with E-state index in [1.54, 1.807) is 13.2 Å². The van der Waals surface area contributed by atoms with E-state index in [4.69, 9.17) is 15.2 Å². The van der Waals surface area contributed by atoms with E-state index in [0.717, 1.165) is 18.4 Å². The fourth-order valence-corrected chi connectivity index (χ4v) is 1.81. The van der Waals surface area contributed by atoms with Gasteiger partial charge in [0, 0.05) is 26.2 Å². The summed E-state index contributed by atoms with van der Waals surface area (Å²) in [6.45, 7) is 4.64. The van der Waals surface area contributed by atoms with Crippen molar-refractivity contribution in [3.8, 4) is 5.75 Å². The van der Waals surface area contributed by atoms with Gasteiger partial charge in [0.1, 0.15) is 11.6 Å². The van der Waals surface area contributed by atoms with Crippen molar-refractivity contribution < 1.29 is 13.9 Å². The van der Waals surface area contributed by atoms with Crippen molar-refractivity contribution in [3.05, 3.63) is 29.6 Å². The summed E-state index contributed by atoms with van der Waals surface area (Å²) in [7, 11) is 1.66. The SMILES string of the molecule is CCC(N)Cc1cc(F)ccc1OC(C)CCOC. The number of ether oxygens (including phenoxy) is 2. The van der Waals surface area contributed by atoms with Crippen molar-refractivity contribution in [3.63, 3.8) is 0 Å². The average Bonchev–Trinajstić information content (AvgIpc) is 2.39. The van der Waals surface area contributed by atoms with E-state index >= 15 is 0 Å². The maximum atomic E-state index is 13.3. The second-order valence-corrected chi connectivity index (χ2v) is 4.83. The lowest BCUT2D eigenvalue weighted by molar-refractivity contribution is 0.134. The van der Waals surface area contributed by atoms with Crippen LogP contribution in [0.1, 0.15) is 32.3 Å². The second-order valence-electron chi connectivity index (χ2n) is 4.83. The predicted octanol–water partition coefficient (Wildman–Crippen LogP) is 2.91. The second kappa shape index (κ2) is 8.12. The zero-order chi connectivity index (χ0) is 14.3. The van der Waals surface area contributed by atoms with Gasteiger partial charge in [0.25, 0.3) is 0 Å². The van der Waals surface area contributed by atoms with Gasteiger partial charge in [-0.25, -0.2) is 4.39 Å². The normalized spacial score (nSPS) is 14.2. The zero-order valence-corrected chi connectivity index (χ0v) is 12.0. The molecule has 0 amide bonds. The number of hydrogen-bond donors (Lipinski definition) is 1. The molecule has 3 nitrogen and oxygen atoms in total. The fourth-order valence-electron chi connectivity index (χ4n) is 1.81.